The van der Waals surface area contributed by atoms with Gasteiger partial charge in [0.15, 0.2) is 0 Å². The predicted octanol–water partition coefficient (Wildman–Crippen LogP) is 1.67. The Kier molecular flexibility index (Phi) is 5.42. The molecule has 1 fully saturated rings. The topological polar surface area (TPSA) is 49.4 Å². The van der Waals surface area contributed by atoms with Gasteiger partial charge in [-0.05, 0) is 24.2 Å². The third kappa shape index (κ3) is 3.52. The number of nitrogens with one attached hydrogen (secondary N) is 1. The van der Waals surface area contributed by atoms with Gasteiger partial charge in [0.05, 0.1) is 0 Å². The average Bonchev–Trinajstić information content (AvgIpc) is 2.47. The van der Waals surface area contributed by atoms with E-state index in [0.29, 0.717) is 19.6 Å². The lowest BCUT2D eigenvalue weighted by Crippen LogP contribution is -2.38. The summed E-state index contributed by atoms with van der Waals surface area (Å²) in [5, 5.41) is 3.11. The Bertz CT molecular complexity index is 557. The summed E-state index contributed by atoms with van der Waals surface area (Å²) in [7, 11) is -3.72. The first kappa shape index (κ1) is 15.8. The first-order valence-corrected chi connectivity index (χ1v) is 9.22. The molecule has 1 N–H and O–H groups in total. The maximum Gasteiger partial charge on any atom is 0.246 e. The predicted molar refractivity (Wildman–Crippen MR) is 79.9 cm³/mol. The molecular formula is C13H19FN2O2S2. The van der Waals surface area contributed by atoms with E-state index in [1.165, 1.54) is 16.4 Å². The van der Waals surface area contributed by atoms with E-state index in [2.05, 4.69) is 5.32 Å². The number of hydrogen-bond donors (Lipinski definition) is 1. The molecule has 2 rings (SSSR count). The highest BCUT2D eigenvalue weighted by atomic mass is 32.2. The van der Waals surface area contributed by atoms with Crippen LogP contribution in [-0.2, 0) is 16.6 Å². The van der Waals surface area contributed by atoms with Gasteiger partial charge in [0.1, 0.15) is 10.7 Å². The zero-order valence-corrected chi connectivity index (χ0v) is 13.1. The van der Waals surface area contributed by atoms with E-state index < -0.39 is 15.8 Å². The van der Waals surface area contributed by atoms with Crippen LogP contribution < -0.4 is 5.32 Å². The third-order valence-electron chi connectivity index (χ3n) is 3.16. The highest BCUT2D eigenvalue weighted by Gasteiger charge is 2.28. The van der Waals surface area contributed by atoms with Crippen LogP contribution >= 0.6 is 11.8 Å². The van der Waals surface area contributed by atoms with Gasteiger partial charge in [-0.25, -0.2) is 12.8 Å². The largest absolute Gasteiger partial charge is 0.313 e. The minimum atomic E-state index is -3.72. The van der Waals surface area contributed by atoms with E-state index in [1.807, 2.05) is 6.92 Å². The number of sulfonamides is 1. The molecule has 1 aliphatic rings. The van der Waals surface area contributed by atoms with E-state index in [0.717, 1.165) is 23.6 Å². The summed E-state index contributed by atoms with van der Waals surface area (Å²) >= 11 is 1.72. The van der Waals surface area contributed by atoms with Crippen molar-refractivity contribution in [3.05, 3.63) is 29.6 Å². The summed E-state index contributed by atoms with van der Waals surface area (Å²) in [4.78, 5) is -0.209. The standard InChI is InChI=1S/C13H19FN2O2S2/c1-2-15-10-11-3-4-12(14)13(9-11)20(17,18)16-5-7-19-8-6-16/h3-4,9,15H,2,5-8,10H2,1H3. The van der Waals surface area contributed by atoms with Crippen LogP contribution in [0.4, 0.5) is 4.39 Å². The highest BCUT2D eigenvalue weighted by Crippen LogP contribution is 2.23. The van der Waals surface area contributed by atoms with Gasteiger partial charge in [0, 0.05) is 31.1 Å². The van der Waals surface area contributed by atoms with Crippen molar-refractivity contribution in [3.63, 3.8) is 0 Å². The molecule has 0 atom stereocenters. The molecule has 1 heterocycles. The number of thioether (sulfide) groups is 1. The number of benzene rings is 1. The Labute approximate surface area is 123 Å². The average molecular weight is 318 g/mol. The molecular weight excluding hydrogens is 299 g/mol. The number of nitrogens with zero attached hydrogens (tertiary/aromatic N) is 1. The second kappa shape index (κ2) is 6.89. The van der Waals surface area contributed by atoms with Gasteiger partial charge in [-0.15, -0.1) is 0 Å². The third-order valence-corrected chi connectivity index (χ3v) is 6.02. The zero-order valence-electron chi connectivity index (χ0n) is 11.4. The molecule has 0 saturated carbocycles. The second-order valence-corrected chi connectivity index (χ2v) is 7.69. The zero-order chi connectivity index (χ0) is 14.6. The normalized spacial score (nSPS) is 17.3. The van der Waals surface area contributed by atoms with E-state index in [9.17, 15) is 12.8 Å². The number of hydrogen-bond acceptors (Lipinski definition) is 4. The molecule has 7 heteroatoms. The lowest BCUT2D eigenvalue weighted by atomic mass is 10.2. The molecule has 0 spiro atoms. The first-order valence-electron chi connectivity index (χ1n) is 6.62. The Hall–Kier alpha value is -0.630. The maximum absolute atomic E-state index is 13.9. The molecule has 0 amide bonds. The van der Waals surface area contributed by atoms with Crippen LogP contribution in [0.3, 0.4) is 0 Å². The fraction of sp³-hybridized carbons (Fsp3) is 0.538. The van der Waals surface area contributed by atoms with Crippen LogP contribution in [0.5, 0.6) is 0 Å². The second-order valence-electron chi connectivity index (χ2n) is 4.56. The summed E-state index contributed by atoms with van der Waals surface area (Å²) in [5.74, 6) is 0.846. The Morgan fingerprint density at radius 1 is 1.35 bits per heavy atom. The van der Waals surface area contributed by atoms with Crippen molar-refractivity contribution in [2.45, 2.75) is 18.4 Å². The summed E-state index contributed by atoms with van der Waals surface area (Å²) in [6, 6.07) is 4.29. The van der Waals surface area contributed by atoms with Crippen LogP contribution in [-0.4, -0.2) is 43.9 Å². The van der Waals surface area contributed by atoms with Crippen LogP contribution in [0.2, 0.25) is 0 Å². The van der Waals surface area contributed by atoms with Gasteiger partial charge in [0.2, 0.25) is 10.0 Å². The SMILES string of the molecule is CCNCc1ccc(F)c(S(=O)(=O)N2CCSCC2)c1. The van der Waals surface area contributed by atoms with Crippen molar-refractivity contribution in [2.75, 3.05) is 31.1 Å². The minimum absolute atomic E-state index is 0.209. The smallest absolute Gasteiger partial charge is 0.246 e. The van der Waals surface area contributed by atoms with Crippen molar-refractivity contribution in [3.8, 4) is 0 Å². The Morgan fingerprint density at radius 3 is 2.70 bits per heavy atom. The molecule has 0 bridgehead atoms. The summed E-state index contributed by atoms with van der Waals surface area (Å²) in [5.41, 5.74) is 0.776. The van der Waals surface area contributed by atoms with Crippen molar-refractivity contribution < 1.29 is 12.8 Å². The van der Waals surface area contributed by atoms with Crippen LogP contribution in [0, 0.1) is 5.82 Å². The van der Waals surface area contributed by atoms with Crippen molar-refractivity contribution >= 4 is 21.8 Å². The highest BCUT2D eigenvalue weighted by molar-refractivity contribution is 7.99. The molecule has 4 nitrogen and oxygen atoms in total. The molecule has 112 valence electrons. The van der Waals surface area contributed by atoms with E-state index in [4.69, 9.17) is 0 Å². The molecule has 0 unspecified atom stereocenters. The van der Waals surface area contributed by atoms with Crippen LogP contribution in [0.1, 0.15) is 12.5 Å². The molecule has 1 saturated heterocycles. The molecule has 20 heavy (non-hydrogen) atoms. The molecule has 1 aromatic rings. The summed E-state index contributed by atoms with van der Waals surface area (Å²) < 4.78 is 40.3. The molecule has 0 radical (unpaired) electrons. The van der Waals surface area contributed by atoms with Gasteiger partial charge in [-0.1, -0.05) is 13.0 Å². The van der Waals surface area contributed by atoms with Gasteiger partial charge >= 0.3 is 0 Å². The number of rotatable bonds is 5. The fourth-order valence-electron chi connectivity index (χ4n) is 2.05. The quantitative estimate of drug-likeness (QED) is 0.897. The van der Waals surface area contributed by atoms with Crippen LogP contribution in [0.15, 0.2) is 23.1 Å². The van der Waals surface area contributed by atoms with Gasteiger partial charge < -0.3 is 5.32 Å². The summed E-state index contributed by atoms with van der Waals surface area (Å²) in [6.07, 6.45) is 0. The van der Waals surface area contributed by atoms with Gasteiger partial charge in [-0.3, -0.25) is 0 Å². The molecule has 1 aromatic carbocycles. The van der Waals surface area contributed by atoms with Gasteiger partial charge in [0.25, 0.3) is 0 Å². The van der Waals surface area contributed by atoms with Crippen molar-refractivity contribution in [1.29, 1.82) is 0 Å². The Balaban J connectivity index is 2.29. The minimum Gasteiger partial charge on any atom is -0.313 e. The molecule has 1 aliphatic heterocycles. The fourth-order valence-corrected chi connectivity index (χ4v) is 4.74. The van der Waals surface area contributed by atoms with Gasteiger partial charge in [-0.2, -0.15) is 16.1 Å². The summed E-state index contributed by atoms with van der Waals surface area (Å²) in [6.45, 7) is 4.18. The van der Waals surface area contributed by atoms with E-state index in [1.54, 1.807) is 17.8 Å². The monoisotopic (exact) mass is 318 g/mol. The number of halogens is 1. The van der Waals surface area contributed by atoms with Crippen molar-refractivity contribution in [2.24, 2.45) is 0 Å². The molecule has 0 aromatic heterocycles. The lowest BCUT2D eigenvalue weighted by molar-refractivity contribution is 0.438. The van der Waals surface area contributed by atoms with Crippen LogP contribution in [0.25, 0.3) is 0 Å². The van der Waals surface area contributed by atoms with E-state index in [-0.39, 0.29) is 4.90 Å². The first-order chi connectivity index (χ1) is 9.55. The van der Waals surface area contributed by atoms with Crippen molar-refractivity contribution in [1.82, 2.24) is 9.62 Å². The lowest BCUT2D eigenvalue weighted by Gasteiger charge is -2.26. The molecule has 0 aliphatic carbocycles. The maximum atomic E-state index is 13.9. The van der Waals surface area contributed by atoms with E-state index >= 15 is 0 Å². The Morgan fingerprint density at radius 2 is 2.05 bits per heavy atom.